The summed E-state index contributed by atoms with van der Waals surface area (Å²) in [6, 6.07) is 8.21. The Kier molecular flexibility index (Phi) is 6.14. The van der Waals surface area contributed by atoms with Gasteiger partial charge < -0.3 is 25.6 Å². The summed E-state index contributed by atoms with van der Waals surface area (Å²) < 4.78 is 6.31. The number of carbonyl (C=O) groups excluding carboxylic acids is 2. The Labute approximate surface area is 197 Å². The van der Waals surface area contributed by atoms with Crippen molar-refractivity contribution in [2.24, 2.45) is 0 Å². The summed E-state index contributed by atoms with van der Waals surface area (Å²) in [5, 5.41) is 9.53. The maximum atomic E-state index is 12.9. The molecule has 0 saturated carbocycles. The van der Waals surface area contributed by atoms with Gasteiger partial charge in [0.2, 0.25) is 0 Å². The van der Waals surface area contributed by atoms with Crippen molar-refractivity contribution in [3.05, 3.63) is 51.5 Å². The minimum Gasteiger partial charge on any atom is -0.485 e. The predicted octanol–water partition coefficient (Wildman–Crippen LogP) is 6.17. The molecule has 0 unspecified atom stereocenters. The van der Waals surface area contributed by atoms with Crippen molar-refractivity contribution in [1.29, 1.82) is 0 Å². The molecule has 0 radical (unpaired) electrons. The van der Waals surface area contributed by atoms with Crippen LogP contribution in [-0.4, -0.2) is 29.6 Å². The van der Waals surface area contributed by atoms with Crippen LogP contribution in [0.25, 0.3) is 0 Å². The maximum Gasteiger partial charge on any atom is 0.321 e. The van der Waals surface area contributed by atoms with Crippen LogP contribution in [0.4, 0.5) is 21.0 Å². The first-order valence-electron chi connectivity index (χ1n) is 10.6. The number of hydrogen-bond donors (Lipinski definition) is 3. The van der Waals surface area contributed by atoms with Crippen LogP contribution in [0.3, 0.4) is 0 Å². The standard InChI is InChI=1S/C23H26Cl2N4O3/c1-4-23(5-2)11-18(15-8-9-16(24)19(25)20(15)32-23)27-21(30)26-14-7-6-13-12-29(3)22(31)28-17(13)10-14/h6-10,18H,4-5,11-12H2,1-3H3,(H,28,31)(H2,26,27,30)/t18-/m1/s1. The van der Waals surface area contributed by atoms with E-state index in [-0.39, 0.29) is 18.1 Å². The van der Waals surface area contributed by atoms with Crippen LogP contribution in [0, 0.1) is 0 Å². The lowest BCUT2D eigenvalue weighted by Gasteiger charge is -2.42. The minimum atomic E-state index is -0.443. The van der Waals surface area contributed by atoms with Gasteiger partial charge in [-0.2, -0.15) is 0 Å². The fourth-order valence-electron chi connectivity index (χ4n) is 4.25. The largest absolute Gasteiger partial charge is 0.485 e. The lowest BCUT2D eigenvalue weighted by molar-refractivity contribution is 0.0248. The van der Waals surface area contributed by atoms with E-state index in [0.29, 0.717) is 40.1 Å². The molecule has 2 aromatic carbocycles. The Bertz CT molecular complexity index is 1070. The van der Waals surface area contributed by atoms with Crippen molar-refractivity contribution in [2.45, 2.75) is 51.3 Å². The van der Waals surface area contributed by atoms with Gasteiger partial charge in [-0.05, 0) is 36.6 Å². The molecule has 4 rings (SSSR count). The third kappa shape index (κ3) is 4.19. The highest BCUT2D eigenvalue weighted by atomic mass is 35.5. The molecular weight excluding hydrogens is 451 g/mol. The molecule has 0 fully saturated rings. The molecule has 0 aliphatic carbocycles. The molecule has 32 heavy (non-hydrogen) atoms. The zero-order valence-electron chi connectivity index (χ0n) is 18.2. The molecule has 1 atom stereocenters. The first-order chi connectivity index (χ1) is 15.2. The molecule has 0 spiro atoms. The zero-order chi connectivity index (χ0) is 23.0. The number of ether oxygens (including phenoxy) is 1. The molecule has 0 saturated heterocycles. The van der Waals surface area contributed by atoms with Gasteiger partial charge in [-0.1, -0.05) is 49.2 Å². The van der Waals surface area contributed by atoms with Crippen molar-refractivity contribution in [3.63, 3.8) is 0 Å². The van der Waals surface area contributed by atoms with Crippen molar-refractivity contribution in [1.82, 2.24) is 10.2 Å². The molecule has 9 heteroatoms. The summed E-state index contributed by atoms with van der Waals surface area (Å²) in [6.45, 7) is 4.64. The summed E-state index contributed by atoms with van der Waals surface area (Å²) in [5.41, 5.74) is 2.62. The Morgan fingerprint density at radius 3 is 2.72 bits per heavy atom. The van der Waals surface area contributed by atoms with Crippen LogP contribution in [0.1, 0.15) is 50.3 Å². The van der Waals surface area contributed by atoms with E-state index in [2.05, 4.69) is 29.8 Å². The van der Waals surface area contributed by atoms with Crippen LogP contribution in [0.15, 0.2) is 30.3 Å². The van der Waals surface area contributed by atoms with E-state index in [1.807, 2.05) is 18.2 Å². The highest BCUT2D eigenvalue weighted by molar-refractivity contribution is 6.43. The molecular formula is C23H26Cl2N4O3. The molecule has 2 aliphatic rings. The number of benzene rings is 2. The third-order valence-corrected chi connectivity index (χ3v) is 7.10. The predicted molar refractivity (Wildman–Crippen MR) is 127 cm³/mol. The molecule has 0 bridgehead atoms. The first-order valence-corrected chi connectivity index (χ1v) is 11.4. The van der Waals surface area contributed by atoms with E-state index in [1.165, 1.54) is 0 Å². The lowest BCUT2D eigenvalue weighted by atomic mass is 9.83. The molecule has 2 aliphatic heterocycles. The minimum absolute atomic E-state index is 0.177. The number of amides is 4. The van der Waals surface area contributed by atoms with Gasteiger partial charge in [0.1, 0.15) is 16.4 Å². The Morgan fingerprint density at radius 1 is 1.25 bits per heavy atom. The number of anilines is 2. The number of halogens is 2. The smallest absolute Gasteiger partial charge is 0.321 e. The van der Waals surface area contributed by atoms with E-state index in [0.717, 1.165) is 24.0 Å². The summed E-state index contributed by atoms with van der Waals surface area (Å²) in [5.74, 6) is 0.528. The summed E-state index contributed by atoms with van der Waals surface area (Å²) in [7, 11) is 1.73. The molecule has 170 valence electrons. The van der Waals surface area contributed by atoms with E-state index < -0.39 is 5.60 Å². The number of carbonyl (C=O) groups is 2. The van der Waals surface area contributed by atoms with Crippen molar-refractivity contribution < 1.29 is 14.3 Å². The molecule has 3 N–H and O–H groups in total. The Hall–Kier alpha value is -2.64. The number of nitrogens with one attached hydrogen (secondary N) is 3. The second kappa shape index (κ2) is 8.71. The number of rotatable bonds is 4. The number of hydrogen-bond acceptors (Lipinski definition) is 3. The van der Waals surface area contributed by atoms with Gasteiger partial charge in [-0.25, -0.2) is 9.59 Å². The van der Waals surface area contributed by atoms with Gasteiger partial charge >= 0.3 is 12.1 Å². The van der Waals surface area contributed by atoms with E-state index >= 15 is 0 Å². The molecule has 2 aromatic rings. The third-order valence-electron chi connectivity index (χ3n) is 6.31. The summed E-state index contributed by atoms with van der Waals surface area (Å²) >= 11 is 12.7. The topological polar surface area (TPSA) is 82.7 Å². The second-order valence-electron chi connectivity index (χ2n) is 8.29. The van der Waals surface area contributed by atoms with Crippen LogP contribution < -0.4 is 20.7 Å². The van der Waals surface area contributed by atoms with Crippen LogP contribution in [0.2, 0.25) is 10.0 Å². The average Bonchev–Trinajstić information content (AvgIpc) is 2.77. The number of fused-ring (bicyclic) bond motifs is 2. The van der Waals surface area contributed by atoms with Gasteiger partial charge in [-0.15, -0.1) is 0 Å². The highest BCUT2D eigenvalue weighted by Crippen LogP contribution is 2.48. The molecule has 2 heterocycles. The van der Waals surface area contributed by atoms with Gasteiger partial charge in [-0.3, -0.25) is 0 Å². The van der Waals surface area contributed by atoms with Crippen LogP contribution in [-0.2, 0) is 6.54 Å². The van der Waals surface area contributed by atoms with Gasteiger partial charge in [0.25, 0.3) is 0 Å². The molecule has 0 aromatic heterocycles. The first kappa shape index (κ1) is 22.6. The molecule has 4 amide bonds. The second-order valence-corrected chi connectivity index (χ2v) is 9.07. The Balaban J connectivity index is 1.55. The van der Waals surface area contributed by atoms with Crippen molar-refractivity contribution >= 4 is 46.6 Å². The van der Waals surface area contributed by atoms with Gasteiger partial charge in [0.05, 0.1) is 11.1 Å². The fourth-order valence-corrected chi connectivity index (χ4v) is 4.61. The summed E-state index contributed by atoms with van der Waals surface area (Å²) in [6.07, 6.45) is 2.15. The monoisotopic (exact) mass is 476 g/mol. The van der Waals surface area contributed by atoms with E-state index in [4.69, 9.17) is 27.9 Å². The van der Waals surface area contributed by atoms with Gasteiger partial charge in [0.15, 0.2) is 0 Å². The number of urea groups is 2. The van der Waals surface area contributed by atoms with E-state index in [1.54, 1.807) is 24.1 Å². The lowest BCUT2D eigenvalue weighted by Crippen LogP contribution is -2.45. The van der Waals surface area contributed by atoms with Crippen LogP contribution in [0.5, 0.6) is 5.75 Å². The van der Waals surface area contributed by atoms with Crippen molar-refractivity contribution in [3.8, 4) is 5.75 Å². The SMILES string of the molecule is CCC1(CC)C[C@@H](NC(=O)Nc2ccc3c(c2)NC(=O)N(C)C3)c2ccc(Cl)c(Cl)c2O1. The van der Waals surface area contributed by atoms with Gasteiger partial charge in [0, 0.05) is 37.0 Å². The highest BCUT2D eigenvalue weighted by Gasteiger charge is 2.40. The number of nitrogens with zero attached hydrogens (tertiary/aromatic N) is 1. The van der Waals surface area contributed by atoms with E-state index in [9.17, 15) is 9.59 Å². The zero-order valence-corrected chi connectivity index (χ0v) is 19.7. The summed E-state index contributed by atoms with van der Waals surface area (Å²) in [4.78, 5) is 26.4. The average molecular weight is 477 g/mol. The maximum absolute atomic E-state index is 12.9. The Morgan fingerprint density at radius 2 is 2.00 bits per heavy atom. The fraction of sp³-hybridized carbons (Fsp3) is 0.391. The quantitative estimate of drug-likeness (QED) is 0.492. The van der Waals surface area contributed by atoms with Crippen molar-refractivity contribution in [2.75, 3.05) is 17.7 Å². The van der Waals surface area contributed by atoms with Crippen LogP contribution >= 0.6 is 23.2 Å². The molecule has 7 nitrogen and oxygen atoms in total. The normalized spacial score (nSPS) is 18.7.